The molecule has 1 heterocycles. The number of hydrogen-bond donors (Lipinski definition) is 1. The zero-order valence-corrected chi connectivity index (χ0v) is 14.5. The van der Waals surface area contributed by atoms with E-state index in [1.165, 1.54) is 5.56 Å². The Morgan fingerprint density at radius 3 is 2.71 bits per heavy atom. The predicted molar refractivity (Wildman–Crippen MR) is 90.5 cm³/mol. The van der Waals surface area contributed by atoms with Crippen molar-refractivity contribution >= 4 is 21.8 Å². The fraction of sp³-hybridized carbons (Fsp3) is 0.588. The van der Waals surface area contributed by atoms with E-state index in [-0.39, 0.29) is 5.92 Å². The average molecular weight is 353 g/mol. The van der Waals surface area contributed by atoms with Crippen molar-refractivity contribution in [3.8, 4) is 0 Å². The molecule has 1 aliphatic rings. The molecule has 0 aromatic heterocycles. The summed E-state index contributed by atoms with van der Waals surface area (Å²) < 4.78 is 1.08. The summed E-state index contributed by atoms with van der Waals surface area (Å²) in [6, 6.07) is 8.67. The Morgan fingerprint density at radius 2 is 2.14 bits per heavy atom. The maximum absolute atomic E-state index is 12.7. The molecule has 1 amide bonds. The molecule has 3 nitrogen and oxygen atoms in total. The van der Waals surface area contributed by atoms with Gasteiger partial charge in [-0.15, -0.1) is 0 Å². The molecule has 2 atom stereocenters. The van der Waals surface area contributed by atoms with E-state index >= 15 is 0 Å². The van der Waals surface area contributed by atoms with Crippen LogP contribution < -0.4 is 5.32 Å². The van der Waals surface area contributed by atoms with Gasteiger partial charge in [-0.1, -0.05) is 41.9 Å². The van der Waals surface area contributed by atoms with Gasteiger partial charge in [0.2, 0.25) is 5.91 Å². The van der Waals surface area contributed by atoms with Gasteiger partial charge in [0.1, 0.15) is 0 Å². The van der Waals surface area contributed by atoms with Gasteiger partial charge >= 0.3 is 0 Å². The van der Waals surface area contributed by atoms with E-state index in [2.05, 4.69) is 52.1 Å². The zero-order chi connectivity index (χ0) is 15.2. The van der Waals surface area contributed by atoms with Crippen LogP contribution in [0.1, 0.15) is 44.6 Å². The summed E-state index contributed by atoms with van der Waals surface area (Å²) in [5.41, 5.74) is 1.23. The van der Waals surface area contributed by atoms with Crippen molar-refractivity contribution in [1.82, 2.24) is 10.2 Å². The lowest BCUT2D eigenvalue weighted by Gasteiger charge is -2.29. The molecule has 21 heavy (non-hydrogen) atoms. The van der Waals surface area contributed by atoms with E-state index in [9.17, 15) is 4.79 Å². The maximum atomic E-state index is 12.7. The van der Waals surface area contributed by atoms with Crippen LogP contribution in [0.15, 0.2) is 28.7 Å². The highest BCUT2D eigenvalue weighted by Gasteiger charge is 2.26. The van der Waals surface area contributed by atoms with Crippen molar-refractivity contribution in [2.45, 2.75) is 45.1 Å². The standard InChI is InChI=1S/C17H25BrN2O/c1-3-10-20(16-8-9-19-12-16)17(21)11-13(2)14-4-6-15(18)7-5-14/h4-7,13,16,19H,3,8-12H2,1-2H3. The average Bonchev–Trinajstić information content (AvgIpc) is 2.99. The lowest BCUT2D eigenvalue weighted by atomic mass is 9.97. The number of carbonyl (C=O) groups excluding carboxylic acids is 1. The Bertz CT molecular complexity index is 454. The molecule has 2 unspecified atom stereocenters. The molecule has 0 bridgehead atoms. The summed E-state index contributed by atoms with van der Waals surface area (Å²) in [6.07, 6.45) is 2.70. The van der Waals surface area contributed by atoms with Crippen LogP contribution >= 0.6 is 15.9 Å². The van der Waals surface area contributed by atoms with Crippen LogP contribution in [0.2, 0.25) is 0 Å². The summed E-state index contributed by atoms with van der Waals surface area (Å²) in [5.74, 6) is 0.556. The highest BCUT2D eigenvalue weighted by Crippen LogP contribution is 2.23. The third-order valence-corrected chi connectivity index (χ3v) is 4.71. The molecule has 1 aliphatic heterocycles. The Balaban J connectivity index is 1.98. The number of amides is 1. The zero-order valence-electron chi connectivity index (χ0n) is 12.9. The van der Waals surface area contributed by atoms with Crippen molar-refractivity contribution in [3.63, 3.8) is 0 Å². The Kier molecular flexibility index (Phi) is 6.24. The van der Waals surface area contributed by atoms with E-state index in [1.807, 2.05) is 12.1 Å². The Morgan fingerprint density at radius 1 is 1.43 bits per heavy atom. The number of nitrogens with one attached hydrogen (secondary N) is 1. The summed E-state index contributed by atoms with van der Waals surface area (Å²) >= 11 is 3.45. The molecule has 2 rings (SSSR count). The smallest absolute Gasteiger partial charge is 0.223 e. The largest absolute Gasteiger partial charge is 0.338 e. The fourth-order valence-electron chi connectivity index (χ4n) is 2.95. The number of nitrogens with zero attached hydrogens (tertiary/aromatic N) is 1. The molecule has 0 aliphatic carbocycles. The maximum Gasteiger partial charge on any atom is 0.223 e. The number of carbonyl (C=O) groups is 1. The van der Waals surface area contributed by atoms with Gasteiger partial charge < -0.3 is 10.2 Å². The van der Waals surface area contributed by atoms with Gasteiger partial charge in [-0.2, -0.15) is 0 Å². The molecule has 1 aromatic carbocycles. The summed E-state index contributed by atoms with van der Waals surface area (Å²) in [4.78, 5) is 14.8. The lowest BCUT2D eigenvalue weighted by molar-refractivity contribution is -0.133. The molecular formula is C17H25BrN2O. The van der Waals surface area contributed by atoms with Gasteiger partial charge in [-0.3, -0.25) is 4.79 Å². The Hall–Kier alpha value is -0.870. The van der Waals surface area contributed by atoms with Crippen LogP contribution in [0.4, 0.5) is 0 Å². The van der Waals surface area contributed by atoms with Crippen LogP contribution in [0, 0.1) is 0 Å². The van der Waals surface area contributed by atoms with Crippen molar-refractivity contribution in [1.29, 1.82) is 0 Å². The molecule has 0 spiro atoms. The van der Waals surface area contributed by atoms with Crippen LogP contribution in [-0.2, 0) is 4.79 Å². The first kappa shape index (κ1) is 16.5. The molecular weight excluding hydrogens is 328 g/mol. The van der Waals surface area contributed by atoms with E-state index in [4.69, 9.17) is 0 Å². The van der Waals surface area contributed by atoms with E-state index < -0.39 is 0 Å². The predicted octanol–water partition coefficient (Wildman–Crippen LogP) is 3.54. The second-order valence-corrected chi connectivity index (χ2v) is 6.81. The molecule has 0 radical (unpaired) electrons. The van der Waals surface area contributed by atoms with Crippen molar-refractivity contribution in [2.75, 3.05) is 19.6 Å². The van der Waals surface area contributed by atoms with Gasteiger partial charge in [-0.05, 0) is 43.0 Å². The minimum absolute atomic E-state index is 0.263. The molecule has 1 saturated heterocycles. The number of rotatable bonds is 6. The normalized spacial score (nSPS) is 19.5. The van der Waals surface area contributed by atoms with Crippen LogP contribution in [0.5, 0.6) is 0 Å². The molecule has 1 fully saturated rings. The molecule has 1 N–H and O–H groups in total. The Labute approximate surface area is 136 Å². The van der Waals surface area contributed by atoms with Crippen molar-refractivity contribution in [3.05, 3.63) is 34.3 Å². The monoisotopic (exact) mass is 352 g/mol. The quantitative estimate of drug-likeness (QED) is 0.848. The molecule has 0 saturated carbocycles. The fourth-order valence-corrected chi connectivity index (χ4v) is 3.21. The van der Waals surface area contributed by atoms with Crippen LogP contribution in [0.3, 0.4) is 0 Å². The second-order valence-electron chi connectivity index (χ2n) is 5.89. The summed E-state index contributed by atoms with van der Waals surface area (Å²) in [6.45, 7) is 7.12. The van der Waals surface area contributed by atoms with Gasteiger partial charge in [0, 0.05) is 30.0 Å². The third kappa shape index (κ3) is 4.55. The molecule has 1 aromatic rings. The van der Waals surface area contributed by atoms with Gasteiger partial charge in [0.25, 0.3) is 0 Å². The second kappa shape index (κ2) is 7.95. The third-order valence-electron chi connectivity index (χ3n) is 4.18. The summed E-state index contributed by atoms with van der Waals surface area (Å²) in [7, 11) is 0. The number of benzene rings is 1. The summed E-state index contributed by atoms with van der Waals surface area (Å²) in [5, 5.41) is 3.36. The topological polar surface area (TPSA) is 32.3 Å². The van der Waals surface area contributed by atoms with Crippen LogP contribution in [-0.4, -0.2) is 36.5 Å². The van der Waals surface area contributed by atoms with Crippen molar-refractivity contribution in [2.24, 2.45) is 0 Å². The first-order chi connectivity index (χ1) is 10.1. The van der Waals surface area contributed by atoms with E-state index in [0.29, 0.717) is 18.4 Å². The molecule has 4 heteroatoms. The lowest BCUT2D eigenvalue weighted by Crippen LogP contribution is -2.42. The van der Waals surface area contributed by atoms with Gasteiger partial charge in [-0.25, -0.2) is 0 Å². The SMILES string of the molecule is CCCN(C(=O)CC(C)c1ccc(Br)cc1)C1CCNC1. The van der Waals surface area contributed by atoms with Gasteiger partial charge in [0.05, 0.1) is 0 Å². The van der Waals surface area contributed by atoms with Gasteiger partial charge in [0.15, 0.2) is 0 Å². The number of hydrogen-bond acceptors (Lipinski definition) is 2. The molecule has 116 valence electrons. The highest BCUT2D eigenvalue weighted by atomic mass is 79.9. The minimum atomic E-state index is 0.263. The van der Waals surface area contributed by atoms with E-state index in [1.54, 1.807) is 0 Å². The minimum Gasteiger partial charge on any atom is -0.338 e. The first-order valence-corrected chi connectivity index (χ1v) is 8.66. The number of halogens is 1. The first-order valence-electron chi connectivity index (χ1n) is 7.87. The highest BCUT2D eigenvalue weighted by molar-refractivity contribution is 9.10. The van der Waals surface area contributed by atoms with E-state index in [0.717, 1.165) is 36.9 Å². The van der Waals surface area contributed by atoms with Crippen LogP contribution in [0.25, 0.3) is 0 Å². The van der Waals surface area contributed by atoms with Crippen molar-refractivity contribution < 1.29 is 4.79 Å².